The predicted octanol–water partition coefficient (Wildman–Crippen LogP) is 8.27. The fourth-order valence-corrected chi connectivity index (χ4v) is 8.87. The second-order valence-corrected chi connectivity index (χ2v) is 12.3. The van der Waals surface area contributed by atoms with Crippen molar-refractivity contribution in [3.63, 3.8) is 0 Å². The summed E-state index contributed by atoms with van der Waals surface area (Å²) >= 11 is 0. The SMILES string of the molecule is Fc1ccccc1-c1cc2c3c(c1)-n1c4ccccc4c4cccc(c41)B3C1=CCCC3=C1C(CC2)c1ccccc13. The van der Waals surface area contributed by atoms with Gasteiger partial charge in [0, 0.05) is 33.5 Å². The van der Waals surface area contributed by atoms with E-state index in [9.17, 15) is 0 Å². The van der Waals surface area contributed by atoms with Crippen LogP contribution in [0.15, 0.2) is 120 Å². The highest BCUT2D eigenvalue weighted by Crippen LogP contribution is 2.52. The van der Waals surface area contributed by atoms with Gasteiger partial charge in [-0.05, 0) is 88.2 Å². The van der Waals surface area contributed by atoms with Crippen molar-refractivity contribution in [1.82, 2.24) is 4.57 Å². The maximum Gasteiger partial charge on any atom is 0.247 e. The molecule has 0 N–H and O–H groups in total. The van der Waals surface area contributed by atoms with Crippen molar-refractivity contribution in [2.24, 2.45) is 0 Å². The molecule has 1 atom stereocenters. The molecule has 5 aromatic carbocycles. The molecule has 10 rings (SSSR count). The van der Waals surface area contributed by atoms with Gasteiger partial charge in [-0.1, -0.05) is 96.5 Å². The zero-order valence-electron chi connectivity index (χ0n) is 23.2. The largest absolute Gasteiger partial charge is 0.310 e. The van der Waals surface area contributed by atoms with E-state index in [2.05, 4.69) is 89.5 Å². The monoisotopic (exact) mass is 539 g/mol. The molecule has 0 saturated heterocycles. The standard InChI is InChI=1S/C39H27BFN/c41-34-17-5-3-9-25(34)24-21-23-19-20-30-27-11-2-1-10-26(27)29-13-7-15-32(37(29)30)40-33-16-8-14-31-28-12-4-6-18-35(28)42(39(31)33)36(22-24)38(23)40/h1-6,8-12,14-18,21-22,30H,7,13,19-20H2. The van der Waals surface area contributed by atoms with Gasteiger partial charge in [-0.25, -0.2) is 4.39 Å². The van der Waals surface area contributed by atoms with E-state index in [1.54, 1.807) is 23.3 Å². The van der Waals surface area contributed by atoms with E-state index in [0.29, 0.717) is 11.5 Å². The van der Waals surface area contributed by atoms with Crippen LogP contribution in [0, 0.1) is 5.82 Å². The molecule has 0 spiro atoms. The Hall–Kier alpha value is -4.63. The van der Waals surface area contributed by atoms with Gasteiger partial charge in [0.15, 0.2) is 0 Å². The summed E-state index contributed by atoms with van der Waals surface area (Å²) in [6.45, 7) is 0.160. The van der Waals surface area contributed by atoms with Crippen LogP contribution >= 0.6 is 0 Å². The quantitative estimate of drug-likeness (QED) is 0.185. The Morgan fingerprint density at radius 3 is 2.50 bits per heavy atom. The third kappa shape index (κ3) is 2.84. The summed E-state index contributed by atoms with van der Waals surface area (Å²) in [5.41, 5.74) is 17.1. The van der Waals surface area contributed by atoms with Crippen LogP contribution in [0.1, 0.15) is 41.9 Å². The van der Waals surface area contributed by atoms with Crippen LogP contribution in [-0.4, -0.2) is 11.3 Å². The van der Waals surface area contributed by atoms with Gasteiger partial charge in [0.2, 0.25) is 6.71 Å². The Kier molecular flexibility index (Phi) is 4.51. The minimum atomic E-state index is -0.166. The minimum absolute atomic E-state index is 0.160. The summed E-state index contributed by atoms with van der Waals surface area (Å²) < 4.78 is 17.8. The Morgan fingerprint density at radius 1 is 0.762 bits per heavy atom. The third-order valence-electron chi connectivity index (χ3n) is 10.4. The number of fused-ring (bicyclic) bond motifs is 9. The van der Waals surface area contributed by atoms with Gasteiger partial charge in [0.25, 0.3) is 0 Å². The molecule has 1 aromatic heterocycles. The smallest absolute Gasteiger partial charge is 0.247 e. The average molecular weight is 539 g/mol. The second kappa shape index (κ2) is 8.23. The molecule has 6 aromatic rings. The normalized spacial score (nSPS) is 18.0. The van der Waals surface area contributed by atoms with Crippen LogP contribution in [0.25, 0.3) is 44.2 Å². The number of benzene rings is 5. The van der Waals surface area contributed by atoms with Gasteiger partial charge in [-0.3, -0.25) is 0 Å². The average Bonchev–Trinajstić information content (AvgIpc) is 3.54. The molecule has 2 aliphatic carbocycles. The molecule has 2 aliphatic heterocycles. The van der Waals surface area contributed by atoms with Crippen LogP contribution in [0.2, 0.25) is 0 Å². The zero-order valence-corrected chi connectivity index (χ0v) is 23.2. The maximum atomic E-state index is 15.3. The zero-order chi connectivity index (χ0) is 27.5. The highest BCUT2D eigenvalue weighted by atomic mass is 19.1. The van der Waals surface area contributed by atoms with Gasteiger partial charge >= 0.3 is 0 Å². The molecular formula is C39H27BFN. The van der Waals surface area contributed by atoms with Crippen LogP contribution in [0.4, 0.5) is 4.39 Å². The number of allylic oxidation sites excluding steroid dienone is 4. The molecule has 0 fully saturated rings. The van der Waals surface area contributed by atoms with Crippen molar-refractivity contribution in [2.75, 3.05) is 0 Å². The number of rotatable bonds is 1. The fraction of sp³-hybridized carbons (Fsp3) is 0.128. The predicted molar refractivity (Wildman–Crippen MR) is 173 cm³/mol. The van der Waals surface area contributed by atoms with Crippen molar-refractivity contribution in [3.05, 3.63) is 143 Å². The van der Waals surface area contributed by atoms with Crippen LogP contribution in [0.5, 0.6) is 0 Å². The highest BCUT2D eigenvalue weighted by molar-refractivity contribution is 6.94. The van der Waals surface area contributed by atoms with Gasteiger partial charge < -0.3 is 4.57 Å². The number of para-hydroxylation sites is 2. The van der Waals surface area contributed by atoms with Crippen molar-refractivity contribution in [1.29, 1.82) is 0 Å². The van der Waals surface area contributed by atoms with Crippen LogP contribution < -0.4 is 10.9 Å². The molecule has 0 bridgehead atoms. The molecular weight excluding hydrogens is 512 g/mol. The maximum absolute atomic E-state index is 15.3. The number of aromatic nitrogens is 1. The molecule has 0 amide bonds. The van der Waals surface area contributed by atoms with E-state index in [4.69, 9.17) is 0 Å². The number of hydrogen-bond acceptors (Lipinski definition) is 0. The minimum Gasteiger partial charge on any atom is -0.310 e. The lowest BCUT2D eigenvalue weighted by Gasteiger charge is -2.36. The molecule has 1 unspecified atom stereocenters. The first-order valence-corrected chi connectivity index (χ1v) is 15.2. The van der Waals surface area contributed by atoms with E-state index < -0.39 is 0 Å². The van der Waals surface area contributed by atoms with E-state index >= 15 is 4.39 Å². The van der Waals surface area contributed by atoms with Crippen molar-refractivity contribution >= 4 is 45.0 Å². The summed E-state index contributed by atoms with van der Waals surface area (Å²) in [6, 6.07) is 36.6. The molecule has 0 saturated carbocycles. The van der Waals surface area contributed by atoms with Crippen molar-refractivity contribution in [3.8, 4) is 16.8 Å². The van der Waals surface area contributed by atoms with Gasteiger partial charge in [-0.15, -0.1) is 0 Å². The van der Waals surface area contributed by atoms with Gasteiger partial charge in [0.1, 0.15) is 5.82 Å². The lowest BCUT2D eigenvalue weighted by Crippen LogP contribution is -2.52. The van der Waals surface area contributed by atoms with E-state index in [0.717, 1.165) is 31.2 Å². The lowest BCUT2D eigenvalue weighted by molar-refractivity contribution is 0.631. The third-order valence-corrected chi connectivity index (χ3v) is 10.4. The Labute approximate surface area is 244 Å². The number of hydrogen-bond donors (Lipinski definition) is 0. The Morgan fingerprint density at radius 2 is 1.57 bits per heavy atom. The summed E-state index contributed by atoms with van der Waals surface area (Å²) in [5.74, 6) is 0.240. The van der Waals surface area contributed by atoms with E-state index in [1.165, 1.54) is 60.6 Å². The van der Waals surface area contributed by atoms with Crippen molar-refractivity contribution < 1.29 is 4.39 Å². The summed E-state index contributed by atoms with van der Waals surface area (Å²) in [6.07, 6.45) is 6.78. The molecule has 3 heteroatoms. The van der Waals surface area contributed by atoms with Crippen molar-refractivity contribution in [2.45, 2.75) is 31.6 Å². The molecule has 42 heavy (non-hydrogen) atoms. The van der Waals surface area contributed by atoms with Crippen LogP contribution in [0.3, 0.4) is 0 Å². The first-order valence-electron chi connectivity index (χ1n) is 15.2. The van der Waals surface area contributed by atoms with Crippen LogP contribution in [-0.2, 0) is 6.42 Å². The number of nitrogens with zero attached hydrogens (tertiary/aromatic N) is 1. The number of aryl methyl sites for hydroxylation is 1. The lowest BCUT2D eigenvalue weighted by atomic mass is 9.31. The summed E-state index contributed by atoms with van der Waals surface area (Å²) in [4.78, 5) is 0. The first-order chi connectivity index (χ1) is 20.8. The summed E-state index contributed by atoms with van der Waals surface area (Å²) in [5, 5.41) is 2.57. The van der Waals surface area contributed by atoms with Gasteiger partial charge in [0.05, 0.1) is 5.52 Å². The molecule has 4 aliphatic rings. The topological polar surface area (TPSA) is 4.93 Å². The summed E-state index contributed by atoms with van der Waals surface area (Å²) in [7, 11) is 0. The second-order valence-electron chi connectivity index (χ2n) is 12.3. The van der Waals surface area contributed by atoms with Gasteiger partial charge in [-0.2, -0.15) is 0 Å². The van der Waals surface area contributed by atoms with E-state index in [1.807, 2.05) is 12.1 Å². The number of halogens is 1. The first kappa shape index (κ1) is 23.0. The molecule has 1 nitrogen and oxygen atoms in total. The fourth-order valence-electron chi connectivity index (χ4n) is 8.87. The molecule has 0 radical (unpaired) electrons. The highest BCUT2D eigenvalue weighted by Gasteiger charge is 2.44. The molecule has 3 heterocycles. The molecule has 198 valence electrons. The Bertz CT molecular complexity index is 2230. The van der Waals surface area contributed by atoms with E-state index in [-0.39, 0.29) is 12.5 Å². The Balaban J connectivity index is 1.36.